The van der Waals surface area contributed by atoms with Gasteiger partial charge in [-0.15, -0.1) is 0 Å². The summed E-state index contributed by atoms with van der Waals surface area (Å²) in [5.41, 5.74) is 0.792. The summed E-state index contributed by atoms with van der Waals surface area (Å²) < 4.78 is 21.1. The maximum Gasteiger partial charge on any atom is 0.165 e. The molecule has 108 valence electrons. The van der Waals surface area contributed by atoms with E-state index in [0.717, 1.165) is 5.56 Å². The van der Waals surface area contributed by atoms with Crippen molar-refractivity contribution in [3.63, 3.8) is 0 Å². The SMILES string of the molecule is CC(C)NCc1cccc(F)c1OCc1ncnn1C. The van der Waals surface area contributed by atoms with Gasteiger partial charge in [0.2, 0.25) is 0 Å². The maximum atomic E-state index is 13.9. The monoisotopic (exact) mass is 278 g/mol. The van der Waals surface area contributed by atoms with Crippen molar-refractivity contribution in [3.05, 3.63) is 41.7 Å². The average molecular weight is 278 g/mol. The second-order valence-electron chi connectivity index (χ2n) is 4.85. The van der Waals surface area contributed by atoms with Crippen molar-refractivity contribution in [3.8, 4) is 5.75 Å². The van der Waals surface area contributed by atoms with E-state index in [1.807, 2.05) is 19.9 Å². The van der Waals surface area contributed by atoms with E-state index < -0.39 is 0 Å². The van der Waals surface area contributed by atoms with E-state index in [2.05, 4.69) is 15.4 Å². The van der Waals surface area contributed by atoms with Crippen LogP contribution in [-0.4, -0.2) is 20.8 Å². The lowest BCUT2D eigenvalue weighted by atomic mass is 10.2. The summed E-state index contributed by atoms with van der Waals surface area (Å²) in [6.45, 7) is 4.83. The molecule has 0 aliphatic heterocycles. The van der Waals surface area contributed by atoms with Gasteiger partial charge in [-0.2, -0.15) is 5.10 Å². The molecule has 1 aromatic carbocycles. The quantitative estimate of drug-likeness (QED) is 0.878. The molecule has 0 saturated heterocycles. The summed E-state index contributed by atoms with van der Waals surface area (Å²) >= 11 is 0. The van der Waals surface area contributed by atoms with Crippen LogP contribution in [0.1, 0.15) is 25.2 Å². The number of benzene rings is 1. The molecule has 0 radical (unpaired) electrons. The number of nitrogens with one attached hydrogen (secondary N) is 1. The topological polar surface area (TPSA) is 52.0 Å². The van der Waals surface area contributed by atoms with E-state index in [9.17, 15) is 4.39 Å². The Morgan fingerprint density at radius 1 is 1.40 bits per heavy atom. The van der Waals surface area contributed by atoms with Crippen LogP contribution in [0.4, 0.5) is 4.39 Å². The van der Waals surface area contributed by atoms with Crippen molar-refractivity contribution < 1.29 is 9.13 Å². The summed E-state index contributed by atoms with van der Waals surface area (Å²) in [6, 6.07) is 5.25. The van der Waals surface area contributed by atoms with E-state index in [-0.39, 0.29) is 18.2 Å². The molecule has 2 rings (SSSR count). The first-order valence-electron chi connectivity index (χ1n) is 6.54. The minimum absolute atomic E-state index is 0.187. The van der Waals surface area contributed by atoms with Crippen LogP contribution in [0, 0.1) is 5.82 Å². The fourth-order valence-electron chi connectivity index (χ4n) is 1.76. The van der Waals surface area contributed by atoms with Gasteiger partial charge in [0.05, 0.1) is 0 Å². The Morgan fingerprint density at radius 3 is 2.85 bits per heavy atom. The lowest BCUT2D eigenvalue weighted by Gasteiger charge is -2.14. The Kier molecular flexibility index (Phi) is 4.68. The molecule has 1 aromatic heterocycles. The zero-order chi connectivity index (χ0) is 14.5. The number of aromatic nitrogens is 3. The maximum absolute atomic E-state index is 13.9. The Morgan fingerprint density at radius 2 is 2.20 bits per heavy atom. The molecule has 20 heavy (non-hydrogen) atoms. The van der Waals surface area contributed by atoms with Gasteiger partial charge >= 0.3 is 0 Å². The number of nitrogens with zero attached hydrogens (tertiary/aromatic N) is 3. The van der Waals surface area contributed by atoms with Crippen LogP contribution >= 0.6 is 0 Å². The van der Waals surface area contributed by atoms with E-state index in [1.54, 1.807) is 17.8 Å². The van der Waals surface area contributed by atoms with E-state index in [0.29, 0.717) is 18.4 Å². The first-order chi connectivity index (χ1) is 9.58. The molecule has 0 unspecified atom stereocenters. The zero-order valence-electron chi connectivity index (χ0n) is 11.9. The van der Waals surface area contributed by atoms with Gasteiger partial charge in [0, 0.05) is 25.2 Å². The Bertz CT molecular complexity index is 568. The summed E-state index contributed by atoms with van der Waals surface area (Å²) in [5, 5.41) is 7.21. The number of hydrogen-bond donors (Lipinski definition) is 1. The largest absolute Gasteiger partial charge is 0.482 e. The van der Waals surface area contributed by atoms with Gasteiger partial charge in [-0.3, -0.25) is 4.68 Å². The van der Waals surface area contributed by atoms with Gasteiger partial charge in [0.1, 0.15) is 12.9 Å². The van der Waals surface area contributed by atoms with Crippen LogP contribution < -0.4 is 10.1 Å². The van der Waals surface area contributed by atoms with Crippen LogP contribution in [0.2, 0.25) is 0 Å². The summed E-state index contributed by atoms with van der Waals surface area (Å²) in [5.74, 6) is 0.551. The van der Waals surface area contributed by atoms with Crippen LogP contribution in [0.5, 0.6) is 5.75 Å². The first kappa shape index (κ1) is 14.5. The fourth-order valence-corrected chi connectivity index (χ4v) is 1.76. The van der Waals surface area contributed by atoms with Crippen LogP contribution in [-0.2, 0) is 20.2 Å². The van der Waals surface area contributed by atoms with Gasteiger partial charge in [0.15, 0.2) is 17.4 Å². The highest BCUT2D eigenvalue weighted by Gasteiger charge is 2.11. The van der Waals surface area contributed by atoms with Crippen LogP contribution in [0.15, 0.2) is 24.5 Å². The molecule has 6 heteroatoms. The first-order valence-corrected chi connectivity index (χ1v) is 6.54. The van der Waals surface area contributed by atoms with Crippen LogP contribution in [0.3, 0.4) is 0 Å². The Labute approximate surface area is 117 Å². The molecule has 0 atom stereocenters. The van der Waals surface area contributed by atoms with Gasteiger partial charge < -0.3 is 10.1 Å². The van der Waals surface area contributed by atoms with Crippen molar-refractivity contribution in [1.82, 2.24) is 20.1 Å². The zero-order valence-corrected chi connectivity index (χ0v) is 11.9. The normalized spacial score (nSPS) is 11.1. The lowest BCUT2D eigenvalue weighted by Crippen LogP contribution is -2.22. The second kappa shape index (κ2) is 6.47. The van der Waals surface area contributed by atoms with Crippen molar-refractivity contribution in [2.45, 2.75) is 33.0 Å². The summed E-state index contributed by atoms with van der Waals surface area (Å²) in [4.78, 5) is 4.05. The molecule has 0 spiro atoms. The molecule has 0 fully saturated rings. The number of hydrogen-bond acceptors (Lipinski definition) is 4. The van der Waals surface area contributed by atoms with Gasteiger partial charge in [-0.1, -0.05) is 26.0 Å². The van der Waals surface area contributed by atoms with Crippen molar-refractivity contribution in [2.24, 2.45) is 7.05 Å². The molecule has 5 nitrogen and oxygen atoms in total. The third kappa shape index (κ3) is 3.54. The molecule has 2 aromatic rings. The third-order valence-corrected chi connectivity index (χ3v) is 2.90. The van der Waals surface area contributed by atoms with Gasteiger partial charge in [-0.05, 0) is 6.07 Å². The van der Waals surface area contributed by atoms with Crippen LogP contribution in [0.25, 0.3) is 0 Å². The number of para-hydroxylation sites is 1. The molecule has 0 aliphatic carbocycles. The number of halogens is 1. The number of rotatable bonds is 6. The molecule has 0 saturated carbocycles. The fraction of sp³-hybridized carbons (Fsp3) is 0.429. The standard InChI is InChI=1S/C14H19FN4O/c1-10(2)16-7-11-5-4-6-12(15)14(11)20-8-13-17-9-18-19(13)3/h4-6,9-10,16H,7-8H2,1-3H3. The minimum Gasteiger partial charge on any atom is -0.482 e. The van der Waals surface area contributed by atoms with Gasteiger partial charge in [0.25, 0.3) is 0 Å². The molecule has 1 heterocycles. The molecular formula is C14H19FN4O. The highest BCUT2D eigenvalue weighted by atomic mass is 19.1. The molecule has 0 amide bonds. The highest BCUT2D eigenvalue weighted by Crippen LogP contribution is 2.23. The average Bonchev–Trinajstić information content (AvgIpc) is 2.81. The number of aryl methyl sites for hydroxylation is 1. The lowest BCUT2D eigenvalue weighted by molar-refractivity contribution is 0.271. The predicted molar refractivity (Wildman–Crippen MR) is 73.7 cm³/mol. The smallest absolute Gasteiger partial charge is 0.165 e. The second-order valence-corrected chi connectivity index (χ2v) is 4.85. The molecule has 1 N–H and O–H groups in total. The van der Waals surface area contributed by atoms with E-state index in [1.165, 1.54) is 12.4 Å². The van der Waals surface area contributed by atoms with E-state index >= 15 is 0 Å². The minimum atomic E-state index is -0.366. The number of ether oxygens (including phenoxy) is 1. The van der Waals surface area contributed by atoms with E-state index in [4.69, 9.17) is 4.74 Å². The highest BCUT2D eigenvalue weighted by molar-refractivity contribution is 5.35. The van der Waals surface area contributed by atoms with Gasteiger partial charge in [-0.25, -0.2) is 9.37 Å². The Balaban J connectivity index is 2.11. The molecule has 0 aliphatic rings. The molecular weight excluding hydrogens is 259 g/mol. The predicted octanol–water partition coefficient (Wildman–Crippen LogP) is 2.03. The molecule has 0 bridgehead atoms. The third-order valence-electron chi connectivity index (χ3n) is 2.90. The van der Waals surface area contributed by atoms with Crippen molar-refractivity contribution in [2.75, 3.05) is 0 Å². The summed E-state index contributed by atoms with van der Waals surface area (Å²) in [7, 11) is 1.77. The van der Waals surface area contributed by atoms with Crippen molar-refractivity contribution >= 4 is 0 Å². The summed E-state index contributed by atoms with van der Waals surface area (Å²) in [6.07, 6.45) is 1.45. The van der Waals surface area contributed by atoms with Crippen molar-refractivity contribution in [1.29, 1.82) is 0 Å². The Hall–Kier alpha value is -1.95.